The molecule has 0 aliphatic carbocycles. The van der Waals surface area contributed by atoms with Gasteiger partial charge in [-0.3, -0.25) is 0 Å². The summed E-state index contributed by atoms with van der Waals surface area (Å²) in [5.41, 5.74) is 0.378. The van der Waals surface area contributed by atoms with Crippen LogP contribution in [0.25, 0.3) is 0 Å². The highest BCUT2D eigenvalue weighted by Crippen LogP contribution is 2.32. The number of aryl methyl sites for hydroxylation is 1. The summed E-state index contributed by atoms with van der Waals surface area (Å²) in [7, 11) is 3.11. The monoisotopic (exact) mass is 372 g/mol. The number of rotatable bonds is 6. The third kappa shape index (κ3) is 4.22. The van der Waals surface area contributed by atoms with Crippen LogP contribution < -0.4 is 20.1 Å². The molecule has 6 nitrogen and oxygen atoms in total. The Hall–Kier alpha value is -3.42. The maximum absolute atomic E-state index is 13.9. The molecule has 0 spiro atoms. The van der Waals surface area contributed by atoms with Crippen LogP contribution in [0, 0.1) is 18.6 Å². The van der Waals surface area contributed by atoms with Crippen molar-refractivity contribution in [3.05, 3.63) is 59.9 Å². The van der Waals surface area contributed by atoms with Gasteiger partial charge in [0.1, 0.15) is 46.3 Å². The molecule has 2 aromatic carbocycles. The number of nitrogens with zero attached hydrogens (tertiary/aromatic N) is 2. The molecular formula is C19H18F2N4O2. The molecule has 3 rings (SSSR count). The van der Waals surface area contributed by atoms with E-state index in [1.165, 1.54) is 18.2 Å². The van der Waals surface area contributed by atoms with Crippen molar-refractivity contribution < 1.29 is 18.3 Å². The number of hydrogen-bond acceptors (Lipinski definition) is 6. The van der Waals surface area contributed by atoms with Crippen molar-refractivity contribution >= 4 is 23.0 Å². The molecule has 0 radical (unpaired) electrons. The summed E-state index contributed by atoms with van der Waals surface area (Å²) in [6.45, 7) is 1.68. The fourth-order valence-electron chi connectivity index (χ4n) is 2.48. The second-order valence-electron chi connectivity index (χ2n) is 5.60. The molecule has 0 fully saturated rings. The van der Waals surface area contributed by atoms with Crippen molar-refractivity contribution in [2.75, 3.05) is 24.9 Å². The van der Waals surface area contributed by atoms with Crippen LogP contribution in [-0.2, 0) is 0 Å². The van der Waals surface area contributed by atoms with Gasteiger partial charge in [-0.1, -0.05) is 6.07 Å². The third-order valence-corrected chi connectivity index (χ3v) is 3.73. The number of benzene rings is 2. The van der Waals surface area contributed by atoms with E-state index in [0.717, 1.165) is 0 Å². The fraction of sp³-hybridized carbons (Fsp3) is 0.158. The maximum atomic E-state index is 13.9. The largest absolute Gasteiger partial charge is 0.497 e. The van der Waals surface area contributed by atoms with E-state index in [1.54, 1.807) is 45.4 Å². The number of aromatic nitrogens is 2. The van der Waals surface area contributed by atoms with Gasteiger partial charge < -0.3 is 20.1 Å². The first kappa shape index (κ1) is 18.4. The van der Waals surface area contributed by atoms with Crippen LogP contribution in [0.3, 0.4) is 0 Å². The number of halogens is 2. The molecule has 0 amide bonds. The van der Waals surface area contributed by atoms with Gasteiger partial charge in [0, 0.05) is 12.1 Å². The van der Waals surface area contributed by atoms with Crippen LogP contribution in [0.1, 0.15) is 5.82 Å². The van der Waals surface area contributed by atoms with Crippen LogP contribution in [0.4, 0.5) is 31.8 Å². The number of ether oxygens (including phenoxy) is 2. The highest BCUT2D eigenvalue weighted by Gasteiger charge is 2.12. The molecule has 0 saturated carbocycles. The fourth-order valence-corrected chi connectivity index (χ4v) is 2.48. The lowest BCUT2D eigenvalue weighted by atomic mass is 10.2. The van der Waals surface area contributed by atoms with Gasteiger partial charge in [-0.15, -0.1) is 0 Å². The summed E-state index contributed by atoms with van der Waals surface area (Å²) in [6.07, 6.45) is 0. The summed E-state index contributed by atoms with van der Waals surface area (Å²) in [5, 5.41) is 5.77. The van der Waals surface area contributed by atoms with Crippen molar-refractivity contribution in [2.45, 2.75) is 6.92 Å². The Balaban J connectivity index is 1.90. The topological polar surface area (TPSA) is 68.3 Å². The highest BCUT2D eigenvalue weighted by molar-refractivity contribution is 5.68. The number of para-hydroxylation sites is 1. The highest BCUT2D eigenvalue weighted by atomic mass is 19.1. The Morgan fingerprint density at radius 2 is 1.52 bits per heavy atom. The van der Waals surface area contributed by atoms with E-state index >= 15 is 0 Å². The summed E-state index contributed by atoms with van der Waals surface area (Å²) < 4.78 is 38.2. The molecule has 0 atom stereocenters. The average Bonchev–Trinajstić information content (AvgIpc) is 2.65. The molecule has 140 valence electrons. The van der Waals surface area contributed by atoms with Gasteiger partial charge in [0.25, 0.3) is 0 Å². The lowest BCUT2D eigenvalue weighted by Gasteiger charge is -2.14. The van der Waals surface area contributed by atoms with Crippen molar-refractivity contribution in [3.63, 3.8) is 0 Å². The quantitative estimate of drug-likeness (QED) is 0.661. The van der Waals surface area contributed by atoms with Crippen LogP contribution in [0.5, 0.6) is 11.5 Å². The molecule has 1 heterocycles. The van der Waals surface area contributed by atoms with Gasteiger partial charge in [0.2, 0.25) is 0 Å². The first-order chi connectivity index (χ1) is 13.0. The second-order valence-corrected chi connectivity index (χ2v) is 5.60. The molecule has 27 heavy (non-hydrogen) atoms. The van der Waals surface area contributed by atoms with Crippen LogP contribution in [0.2, 0.25) is 0 Å². The Morgan fingerprint density at radius 1 is 0.852 bits per heavy atom. The molecule has 0 aliphatic heterocycles. The zero-order chi connectivity index (χ0) is 19.4. The molecule has 0 unspecified atom stereocenters. The van der Waals surface area contributed by atoms with Crippen molar-refractivity contribution in [2.24, 2.45) is 0 Å². The van der Waals surface area contributed by atoms with E-state index in [-0.39, 0.29) is 11.5 Å². The maximum Gasteiger partial charge on any atom is 0.149 e. The zero-order valence-corrected chi connectivity index (χ0v) is 15.0. The minimum absolute atomic E-state index is 0.251. The lowest BCUT2D eigenvalue weighted by molar-refractivity contribution is 0.395. The molecule has 1 aromatic heterocycles. The summed E-state index contributed by atoms with van der Waals surface area (Å²) >= 11 is 0. The molecule has 0 saturated heterocycles. The van der Waals surface area contributed by atoms with Crippen molar-refractivity contribution in [1.29, 1.82) is 0 Å². The smallest absolute Gasteiger partial charge is 0.149 e. The summed E-state index contributed by atoms with van der Waals surface area (Å²) in [4.78, 5) is 8.47. The zero-order valence-electron chi connectivity index (χ0n) is 15.0. The number of nitrogens with one attached hydrogen (secondary N) is 2. The Labute approximate surface area is 155 Å². The molecule has 8 heteroatoms. The van der Waals surface area contributed by atoms with Crippen LogP contribution >= 0.6 is 0 Å². The van der Waals surface area contributed by atoms with Gasteiger partial charge in [-0.05, 0) is 31.2 Å². The van der Waals surface area contributed by atoms with Gasteiger partial charge >= 0.3 is 0 Å². The second kappa shape index (κ2) is 7.86. The van der Waals surface area contributed by atoms with E-state index in [1.807, 2.05) is 0 Å². The van der Waals surface area contributed by atoms with Gasteiger partial charge in [-0.2, -0.15) is 0 Å². The number of hydrogen-bond donors (Lipinski definition) is 2. The first-order valence-electron chi connectivity index (χ1n) is 8.06. The van der Waals surface area contributed by atoms with Crippen LogP contribution in [-0.4, -0.2) is 24.2 Å². The minimum atomic E-state index is -0.711. The molecule has 0 aliphatic rings. The lowest BCUT2D eigenvalue weighted by Crippen LogP contribution is -2.04. The van der Waals surface area contributed by atoms with E-state index < -0.39 is 11.6 Å². The van der Waals surface area contributed by atoms with Crippen molar-refractivity contribution in [3.8, 4) is 11.5 Å². The van der Waals surface area contributed by atoms with Gasteiger partial charge in [0.15, 0.2) is 0 Å². The van der Waals surface area contributed by atoms with E-state index in [0.29, 0.717) is 28.8 Å². The van der Waals surface area contributed by atoms with E-state index in [4.69, 9.17) is 9.47 Å². The molecule has 0 bridgehead atoms. The summed E-state index contributed by atoms with van der Waals surface area (Å²) in [6, 6.07) is 10.4. The first-order valence-corrected chi connectivity index (χ1v) is 8.06. The molecule has 3 aromatic rings. The van der Waals surface area contributed by atoms with E-state index in [2.05, 4.69) is 20.6 Å². The SMILES string of the molecule is COc1ccc(Nc2cc(Nc3c(F)cccc3F)nc(C)n2)c(OC)c1. The predicted molar refractivity (Wildman–Crippen MR) is 99.2 cm³/mol. The number of anilines is 4. The standard InChI is InChI=1S/C19H18F2N4O2/c1-11-22-17(24-15-8-7-12(26-2)9-16(15)27-3)10-18(23-11)25-19-13(20)5-4-6-14(19)21/h4-10H,1-3H3,(H2,22,23,24,25). The van der Waals surface area contributed by atoms with Gasteiger partial charge in [0.05, 0.1) is 19.9 Å². The minimum Gasteiger partial charge on any atom is -0.497 e. The normalized spacial score (nSPS) is 10.4. The molecule has 2 N–H and O–H groups in total. The summed E-state index contributed by atoms with van der Waals surface area (Å²) in [5.74, 6) is 0.891. The van der Waals surface area contributed by atoms with E-state index in [9.17, 15) is 8.78 Å². The van der Waals surface area contributed by atoms with Crippen LogP contribution in [0.15, 0.2) is 42.5 Å². The Bertz CT molecular complexity index is 946. The average molecular weight is 372 g/mol. The van der Waals surface area contributed by atoms with Gasteiger partial charge in [-0.25, -0.2) is 18.7 Å². The van der Waals surface area contributed by atoms with Crippen molar-refractivity contribution in [1.82, 2.24) is 9.97 Å². The molecular weight excluding hydrogens is 354 g/mol. The number of methoxy groups -OCH3 is 2. The predicted octanol–water partition coefficient (Wildman–Crippen LogP) is 4.57. The third-order valence-electron chi connectivity index (χ3n) is 3.73. The Morgan fingerprint density at radius 3 is 2.15 bits per heavy atom. The Kier molecular flexibility index (Phi) is 5.35.